The predicted molar refractivity (Wildman–Crippen MR) is 87.9 cm³/mol. The van der Waals surface area contributed by atoms with Crippen molar-refractivity contribution >= 4 is 51.7 Å². The third kappa shape index (κ3) is 3.09. The first-order chi connectivity index (χ1) is 9.43. The van der Waals surface area contributed by atoms with E-state index < -0.39 is 6.04 Å². The van der Waals surface area contributed by atoms with Crippen molar-refractivity contribution in [3.63, 3.8) is 0 Å². The number of nitrogens with one attached hydrogen (secondary N) is 1. The summed E-state index contributed by atoms with van der Waals surface area (Å²) in [5.74, 6) is -0.0703. The summed E-state index contributed by atoms with van der Waals surface area (Å²) >= 11 is 8.06. The molecule has 1 aliphatic heterocycles. The number of rotatable bonds is 3. The van der Waals surface area contributed by atoms with Crippen LogP contribution in [0, 0.1) is 9.49 Å². The van der Waals surface area contributed by atoms with Crippen molar-refractivity contribution in [2.45, 2.75) is 26.3 Å². The van der Waals surface area contributed by atoms with Gasteiger partial charge in [-0.25, -0.2) is 0 Å². The standard InChI is InChI=1S/C14H16ClIN2O2/c1-3-8(2)13-14(20)18(7-12(19)17-13)11-5-4-9(15)6-10(11)16/h4-6,8,13H,3,7H2,1-2H3,(H,17,19). The zero-order valence-electron chi connectivity index (χ0n) is 11.3. The van der Waals surface area contributed by atoms with Crippen molar-refractivity contribution in [2.75, 3.05) is 11.4 Å². The van der Waals surface area contributed by atoms with Crippen LogP contribution in [0.4, 0.5) is 5.69 Å². The van der Waals surface area contributed by atoms with E-state index in [2.05, 4.69) is 27.9 Å². The first kappa shape index (κ1) is 15.6. The average Bonchev–Trinajstić information content (AvgIpc) is 2.40. The minimum Gasteiger partial charge on any atom is -0.342 e. The molecule has 0 aliphatic carbocycles. The average molecular weight is 407 g/mol. The Morgan fingerprint density at radius 2 is 2.20 bits per heavy atom. The lowest BCUT2D eigenvalue weighted by Gasteiger charge is -2.35. The SMILES string of the molecule is CCC(C)C1NC(=O)CN(c2ccc(Cl)cc2I)C1=O. The van der Waals surface area contributed by atoms with Gasteiger partial charge in [-0.05, 0) is 46.7 Å². The number of hydrogen-bond acceptors (Lipinski definition) is 2. The van der Waals surface area contributed by atoms with Crippen LogP contribution in [0.15, 0.2) is 18.2 Å². The summed E-state index contributed by atoms with van der Waals surface area (Å²) in [4.78, 5) is 26.0. The molecule has 1 saturated heterocycles. The molecule has 1 fully saturated rings. The van der Waals surface area contributed by atoms with Crippen LogP contribution in [0.3, 0.4) is 0 Å². The van der Waals surface area contributed by atoms with Gasteiger partial charge in [-0.2, -0.15) is 0 Å². The topological polar surface area (TPSA) is 49.4 Å². The molecule has 4 nitrogen and oxygen atoms in total. The first-order valence-corrected chi connectivity index (χ1v) is 7.95. The van der Waals surface area contributed by atoms with Crippen LogP contribution in [-0.2, 0) is 9.59 Å². The Bertz CT molecular complexity index is 550. The first-order valence-electron chi connectivity index (χ1n) is 6.49. The summed E-state index contributed by atoms with van der Waals surface area (Å²) in [5.41, 5.74) is 0.739. The molecule has 0 bridgehead atoms. The molecular formula is C14H16ClIN2O2. The van der Waals surface area contributed by atoms with Gasteiger partial charge in [-0.15, -0.1) is 0 Å². The number of piperazine rings is 1. The second kappa shape index (κ2) is 6.30. The lowest BCUT2D eigenvalue weighted by Crippen LogP contribution is -2.60. The van der Waals surface area contributed by atoms with Crippen molar-refractivity contribution in [1.29, 1.82) is 0 Å². The molecule has 20 heavy (non-hydrogen) atoms. The number of anilines is 1. The molecule has 1 aromatic carbocycles. The molecule has 2 atom stereocenters. The van der Waals surface area contributed by atoms with Gasteiger partial charge in [0, 0.05) is 8.59 Å². The minimum absolute atomic E-state index is 0.0563. The number of carbonyl (C=O) groups excluding carboxylic acids is 2. The van der Waals surface area contributed by atoms with Gasteiger partial charge in [0.15, 0.2) is 0 Å². The van der Waals surface area contributed by atoms with Crippen molar-refractivity contribution in [2.24, 2.45) is 5.92 Å². The lowest BCUT2D eigenvalue weighted by molar-refractivity contribution is -0.132. The third-order valence-electron chi connectivity index (χ3n) is 3.56. The zero-order valence-corrected chi connectivity index (χ0v) is 14.2. The summed E-state index contributed by atoms with van der Waals surface area (Å²) in [6.45, 7) is 4.04. The van der Waals surface area contributed by atoms with E-state index in [1.165, 1.54) is 0 Å². The molecule has 0 saturated carbocycles. The van der Waals surface area contributed by atoms with Crippen molar-refractivity contribution in [3.8, 4) is 0 Å². The maximum Gasteiger partial charge on any atom is 0.250 e. The van der Waals surface area contributed by atoms with Gasteiger partial charge in [0.25, 0.3) is 0 Å². The summed E-state index contributed by atoms with van der Waals surface area (Å²) < 4.78 is 0.862. The van der Waals surface area contributed by atoms with Gasteiger partial charge in [0.1, 0.15) is 12.6 Å². The summed E-state index contributed by atoms with van der Waals surface area (Å²) in [6.07, 6.45) is 0.836. The van der Waals surface area contributed by atoms with Gasteiger partial charge < -0.3 is 10.2 Å². The van der Waals surface area contributed by atoms with Crippen LogP contribution in [0.5, 0.6) is 0 Å². The second-order valence-corrected chi connectivity index (χ2v) is 6.55. The van der Waals surface area contributed by atoms with Crippen LogP contribution in [0.1, 0.15) is 20.3 Å². The van der Waals surface area contributed by atoms with E-state index in [-0.39, 0.29) is 24.3 Å². The van der Waals surface area contributed by atoms with Gasteiger partial charge in [0.05, 0.1) is 5.69 Å². The maximum absolute atomic E-state index is 12.6. The number of benzene rings is 1. The molecule has 108 valence electrons. The molecule has 2 rings (SSSR count). The van der Waals surface area contributed by atoms with E-state index in [0.717, 1.165) is 15.7 Å². The Hall–Kier alpha value is -0.820. The van der Waals surface area contributed by atoms with Gasteiger partial charge in [-0.1, -0.05) is 31.9 Å². The monoisotopic (exact) mass is 406 g/mol. The van der Waals surface area contributed by atoms with E-state index in [9.17, 15) is 9.59 Å². The molecule has 1 aliphatic rings. The highest BCUT2D eigenvalue weighted by Crippen LogP contribution is 2.28. The summed E-state index contributed by atoms with van der Waals surface area (Å²) in [5, 5.41) is 3.40. The maximum atomic E-state index is 12.6. The summed E-state index contributed by atoms with van der Waals surface area (Å²) in [6, 6.07) is 4.86. The van der Waals surface area contributed by atoms with E-state index in [4.69, 9.17) is 11.6 Å². The minimum atomic E-state index is -0.451. The Labute approximate surface area is 137 Å². The molecule has 0 radical (unpaired) electrons. The fourth-order valence-electron chi connectivity index (χ4n) is 2.20. The van der Waals surface area contributed by atoms with E-state index >= 15 is 0 Å². The predicted octanol–water partition coefficient (Wildman–Crippen LogP) is 2.82. The highest BCUT2D eigenvalue weighted by Gasteiger charge is 2.36. The smallest absolute Gasteiger partial charge is 0.250 e. The van der Waals surface area contributed by atoms with Crippen LogP contribution >= 0.6 is 34.2 Å². The molecular weight excluding hydrogens is 391 g/mol. The van der Waals surface area contributed by atoms with Crippen molar-refractivity contribution in [3.05, 3.63) is 26.8 Å². The quantitative estimate of drug-likeness (QED) is 0.785. The highest BCUT2D eigenvalue weighted by molar-refractivity contribution is 14.1. The van der Waals surface area contributed by atoms with E-state index in [1.54, 1.807) is 23.1 Å². The van der Waals surface area contributed by atoms with Gasteiger partial charge in [0.2, 0.25) is 11.8 Å². The Balaban J connectivity index is 2.35. The van der Waals surface area contributed by atoms with Crippen LogP contribution in [0.25, 0.3) is 0 Å². The fourth-order valence-corrected chi connectivity index (χ4v) is 3.36. The third-order valence-corrected chi connectivity index (χ3v) is 4.66. The number of hydrogen-bond donors (Lipinski definition) is 1. The zero-order chi connectivity index (χ0) is 14.9. The number of halogens is 2. The van der Waals surface area contributed by atoms with E-state index in [0.29, 0.717) is 5.02 Å². The molecule has 1 N–H and O–H groups in total. The van der Waals surface area contributed by atoms with Crippen molar-refractivity contribution < 1.29 is 9.59 Å². The molecule has 1 heterocycles. The van der Waals surface area contributed by atoms with Gasteiger partial charge in [-0.3, -0.25) is 9.59 Å². The normalized spacial score (nSPS) is 20.8. The second-order valence-electron chi connectivity index (χ2n) is 4.95. The lowest BCUT2D eigenvalue weighted by atomic mass is 9.96. The molecule has 2 unspecified atom stereocenters. The largest absolute Gasteiger partial charge is 0.342 e. The number of amides is 2. The van der Waals surface area contributed by atoms with Crippen molar-refractivity contribution in [1.82, 2.24) is 5.32 Å². The molecule has 0 aromatic heterocycles. The van der Waals surface area contributed by atoms with Crippen LogP contribution < -0.4 is 10.2 Å². The fraction of sp³-hybridized carbons (Fsp3) is 0.429. The molecule has 0 spiro atoms. The Kier molecular flexibility index (Phi) is 4.90. The Morgan fingerprint density at radius 1 is 1.50 bits per heavy atom. The van der Waals surface area contributed by atoms with Crippen LogP contribution in [-0.4, -0.2) is 24.4 Å². The number of nitrogens with zero attached hydrogens (tertiary/aromatic N) is 1. The highest BCUT2D eigenvalue weighted by atomic mass is 127. The van der Waals surface area contributed by atoms with Gasteiger partial charge >= 0.3 is 0 Å². The van der Waals surface area contributed by atoms with Crippen LogP contribution in [0.2, 0.25) is 5.02 Å². The molecule has 1 aromatic rings. The molecule has 2 amide bonds. The number of carbonyl (C=O) groups is 2. The summed E-state index contributed by atoms with van der Waals surface area (Å²) in [7, 11) is 0. The Morgan fingerprint density at radius 3 is 2.80 bits per heavy atom. The van der Waals surface area contributed by atoms with E-state index in [1.807, 2.05) is 13.8 Å². The molecule has 6 heteroatoms.